The number of H-pyrrole nitrogens is 1. The maximum absolute atomic E-state index is 12.7. The lowest BCUT2D eigenvalue weighted by molar-refractivity contribution is -0.109. The van der Waals surface area contributed by atoms with E-state index in [9.17, 15) is 67.0 Å². The standard InChI is InChI=1S/C14H24N2O18P4/c1-7(2)3-5-14(35(19,20)21,34-38(28,29)30)11-9(32-36(22,23)24)10(33-37(25,26)27)12(31-11)16-6-4-8(17)15-13(16)18/h4,6,9-12H,1,3,5H2,2H3,(H,15,17,18)(H2,19,20,21)(H2,22,23,24)(H2,25,26,27)(H2,28,29,30)/t9-,10+,11-,12+,14?/m0/s1. The van der Waals surface area contributed by atoms with Gasteiger partial charge in [-0.15, -0.1) is 6.58 Å². The van der Waals surface area contributed by atoms with Crippen LogP contribution in [0.25, 0.3) is 0 Å². The number of rotatable bonds is 12. The topological polar surface area (TPSA) is 322 Å². The third-order valence-corrected chi connectivity index (χ3v) is 8.26. The summed E-state index contributed by atoms with van der Waals surface area (Å²) in [6, 6.07) is 0.689. The normalized spacial score (nSPS) is 24.8. The van der Waals surface area contributed by atoms with Crippen molar-refractivity contribution >= 4 is 31.1 Å². The van der Waals surface area contributed by atoms with Crippen LogP contribution in [0.1, 0.15) is 26.0 Å². The summed E-state index contributed by atoms with van der Waals surface area (Å²) in [5, 5.41) is -3.54. The minimum Gasteiger partial charge on any atom is -0.345 e. The average Bonchev–Trinajstić information content (AvgIpc) is 2.98. The van der Waals surface area contributed by atoms with Gasteiger partial charge in [-0.25, -0.2) is 18.5 Å². The molecule has 1 fully saturated rings. The number of nitrogens with one attached hydrogen (secondary N) is 1. The lowest BCUT2D eigenvalue weighted by Crippen LogP contribution is -2.51. The van der Waals surface area contributed by atoms with E-state index in [-0.39, 0.29) is 5.57 Å². The molecule has 1 saturated heterocycles. The second-order valence-electron chi connectivity index (χ2n) is 8.01. The summed E-state index contributed by atoms with van der Waals surface area (Å²) >= 11 is 0. The number of allylic oxidation sites excluding steroid dienone is 1. The lowest BCUT2D eigenvalue weighted by atomic mass is 9.99. The first-order valence-electron chi connectivity index (χ1n) is 9.87. The van der Waals surface area contributed by atoms with Gasteiger partial charge in [0.15, 0.2) is 6.23 Å². The number of aromatic nitrogens is 2. The average molecular weight is 632 g/mol. The molecule has 218 valence electrons. The zero-order valence-corrected chi connectivity index (χ0v) is 22.6. The van der Waals surface area contributed by atoms with Crippen molar-refractivity contribution in [1.82, 2.24) is 9.55 Å². The van der Waals surface area contributed by atoms with Crippen LogP contribution in [0.3, 0.4) is 0 Å². The van der Waals surface area contributed by atoms with Gasteiger partial charge in [0.25, 0.3) is 5.56 Å². The molecular weight excluding hydrogens is 608 g/mol. The zero-order valence-electron chi connectivity index (χ0n) is 19.0. The van der Waals surface area contributed by atoms with Gasteiger partial charge in [-0.2, -0.15) is 0 Å². The predicted octanol–water partition coefficient (Wildman–Crippen LogP) is -1.27. The lowest BCUT2D eigenvalue weighted by Gasteiger charge is -2.40. The minimum absolute atomic E-state index is 0.166. The molecule has 0 saturated carbocycles. The predicted molar refractivity (Wildman–Crippen MR) is 121 cm³/mol. The molecule has 1 aliphatic rings. The molecule has 1 unspecified atom stereocenters. The van der Waals surface area contributed by atoms with Crippen LogP contribution in [0.15, 0.2) is 34.0 Å². The number of aromatic amines is 1. The summed E-state index contributed by atoms with van der Waals surface area (Å²) < 4.78 is 67.3. The minimum atomic E-state index is -6.04. The van der Waals surface area contributed by atoms with Crippen LogP contribution in [-0.4, -0.2) is 72.4 Å². The van der Waals surface area contributed by atoms with Crippen molar-refractivity contribution in [2.45, 2.75) is 49.6 Å². The highest BCUT2D eigenvalue weighted by molar-refractivity contribution is 7.55. The highest BCUT2D eigenvalue weighted by atomic mass is 31.2. The van der Waals surface area contributed by atoms with Gasteiger partial charge in [-0.3, -0.25) is 32.5 Å². The number of phosphoric ester groups is 3. The Morgan fingerprint density at radius 2 is 1.53 bits per heavy atom. The molecule has 0 radical (unpaired) electrons. The van der Waals surface area contributed by atoms with E-state index >= 15 is 0 Å². The van der Waals surface area contributed by atoms with Gasteiger partial charge in [0.05, 0.1) is 0 Å². The molecule has 2 rings (SSSR count). The van der Waals surface area contributed by atoms with Crippen molar-refractivity contribution in [1.29, 1.82) is 0 Å². The SMILES string of the molecule is C=C(C)CCC(OP(=O)(O)O)([C@H]1O[C@@H](n2ccc(=O)[nH]c2=O)[C@H](OP(=O)(O)O)[C@@H]1OP(=O)(O)O)P(=O)(O)O. The molecule has 38 heavy (non-hydrogen) atoms. The molecular formula is C14H24N2O18P4. The molecule has 1 aliphatic heterocycles. The van der Waals surface area contributed by atoms with Crippen molar-refractivity contribution in [3.63, 3.8) is 0 Å². The Morgan fingerprint density at radius 3 is 1.95 bits per heavy atom. The summed E-state index contributed by atoms with van der Waals surface area (Å²) in [5.74, 6) is 0. The molecule has 0 bridgehead atoms. The number of phosphoric acid groups is 3. The zero-order chi connectivity index (χ0) is 29.5. The first kappa shape index (κ1) is 33.1. The Kier molecular flexibility index (Phi) is 9.91. The van der Waals surface area contributed by atoms with Crippen molar-refractivity contribution in [2.24, 2.45) is 0 Å². The fourth-order valence-corrected chi connectivity index (χ4v) is 6.98. The van der Waals surface area contributed by atoms with E-state index < -0.39 is 85.0 Å². The maximum atomic E-state index is 12.7. The van der Waals surface area contributed by atoms with Crippen LogP contribution in [-0.2, 0) is 36.6 Å². The second kappa shape index (κ2) is 11.4. The summed E-state index contributed by atoms with van der Waals surface area (Å²) in [6.07, 6.45) is -11.1. The van der Waals surface area contributed by atoms with Crippen LogP contribution in [0.2, 0.25) is 0 Å². The second-order valence-corrected chi connectivity index (χ2v) is 13.4. The number of ether oxygens (including phenoxy) is 1. The van der Waals surface area contributed by atoms with Crippen molar-refractivity contribution in [3.8, 4) is 0 Å². The Balaban J connectivity index is 2.93. The van der Waals surface area contributed by atoms with E-state index in [2.05, 4.69) is 20.2 Å². The van der Waals surface area contributed by atoms with Crippen molar-refractivity contribution in [2.75, 3.05) is 0 Å². The van der Waals surface area contributed by atoms with E-state index in [4.69, 9.17) is 4.74 Å². The maximum Gasteiger partial charge on any atom is 0.470 e. The fraction of sp³-hybridized carbons (Fsp3) is 0.571. The highest BCUT2D eigenvalue weighted by Gasteiger charge is 2.67. The molecule has 24 heteroatoms. The third-order valence-electron chi connectivity index (χ3n) is 4.96. The first-order chi connectivity index (χ1) is 17.0. The van der Waals surface area contributed by atoms with Gasteiger partial charge >= 0.3 is 36.8 Å². The fourth-order valence-electron chi connectivity index (χ4n) is 3.60. The molecule has 0 amide bonds. The van der Waals surface area contributed by atoms with E-state index in [1.54, 1.807) is 4.98 Å². The molecule has 5 atom stereocenters. The van der Waals surface area contributed by atoms with Crippen molar-refractivity contribution < 1.29 is 75.7 Å². The number of hydrogen-bond donors (Lipinski definition) is 9. The van der Waals surface area contributed by atoms with Gasteiger partial charge in [0.2, 0.25) is 5.34 Å². The molecule has 2 heterocycles. The highest BCUT2D eigenvalue weighted by Crippen LogP contribution is 2.66. The molecule has 0 spiro atoms. The van der Waals surface area contributed by atoms with Gasteiger partial charge in [-0.1, -0.05) is 5.57 Å². The summed E-state index contributed by atoms with van der Waals surface area (Å²) in [4.78, 5) is 103. The van der Waals surface area contributed by atoms with E-state index in [0.29, 0.717) is 16.8 Å². The van der Waals surface area contributed by atoms with Crippen LogP contribution in [0.5, 0.6) is 0 Å². The van der Waals surface area contributed by atoms with Gasteiger partial charge in [0.1, 0.15) is 18.3 Å². The Hall–Kier alpha value is -1.14. The smallest absolute Gasteiger partial charge is 0.345 e. The molecule has 0 aromatic carbocycles. The van der Waals surface area contributed by atoms with Crippen molar-refractivity contribution in [3.05, 3.63) is 45.3 Å². The Morgan fingerprint density at radius 1 is 1.00 bits per heavy atom. The van der Waals surface area contributed by atoms with Crippen LogP contribution in [0.4, 0.5) is 0 Å². The third kappa shape index (κ3) is 8.43. The Labute approximate surface area is 211 Å². The summed E-state index contributed by atoms with van der Waals surface area (Å²) in [5.41, 5.74) is -2.18. The monoisotopic (exact) mass is 632 g/mol. The van der Waals surface area contributed by atoms with E-state index in [1.807, 2.05) is 0 Å². The molecule has 1 aromatic rings. The van der Waals surface area contributed by atoms with Crippen LogP contribution >= 0.6 is 31.1 Å². The molecule has 0 aliphatic carbocycles. The van der Waals surface area contributed by atoms with E-state index in [0.717, 1.165) is 0 Å². The van der Waals surface area contributed by atoms with Crippen LogP contribution in [0, 0.1) is 0 Å². The molecule has 20 nitrogen and oxygen atoms in total. The quantitative estimate of drug-likeness (QED) is 0.0957. The summed E-state index contributed by atoms with van der Waals surface area (Å²) in [7, 11) is -23.4. The van der Waals surface area contributed by atoms with Crippen LogP contribution < -0.4 is 11.2 Å². The van der Waals surface area contributed by atoms with Gasteiger partial charge in [-0.05, 0) is 19.8 Å². The Bertz CT molecular complexity index is 1350. The number of hydrogen-bond acceptors (Lipinski definition) is 10. The largest absolute Gasteiger partial charge is 0.470 e. The molecule has 9 N–H and O–H groups in total. The van der Waals surface area contributed by atoms with Gasteiger partial charge < -0.3 is 43.9 Å². The number of nitrogens with zero attached hydrogens (tertiary/aromatic N) is 1. The first-order valence-corrected chi connectivity index (χ1v) is 16.1. The van der Waals surface area contributed by atoms with E-state index in [1.165, 1.54) is 6.92 Å². The van der Waals surface area contributed by atoms with Gasteiger partial charge in [0, 0.05) is 12.3 Å². The summed E-state index contributed by atoms with van der Waals surface area (Å²) in [6.45, 7) is 4.82. The molecule has 1 aromatic heterocycles.